The molecule has 0 spiro atoms. The summed E-state index contributed by atoms with van der Waals surface area (Å²) in [6.45, 7) is 0.282. The number of amides is 3. The molecule has 0 aliphatic carbocycles. The van der Waals surface area contributed by atoms with Crippen molar-refractivity contribution < 1.29 is 23.9 Å². The summed E-state index contributed by atoms with van der Waals surface area (Å²) >= 11 is 0. The Bertz CT molecular complexity index is 576. The first kappa shape index (κ1) is 13.8. The second kappa shape index (κ2) is 5.55. The molecule has 0 unspecified atom stereocenters. The Hall–Kier alpha value is -2.64. The van der Waals surface area contributed by atoms with Gasteiger partial charge < -0.3 is 15.7 Å². The summed E-state index contributed by atoms with van der Waals surface area (Å²) in [7, 11) is 0. The number of nitrogens with zero attached hydrogens (tertiary/aromatic N) is 1. The highest BCUT2D eigenvalue weighted by atomic mass is 19.1. The smallest absolute Gasteiger partial charge is 0.322 e. The van der Waals surface area contributed by atoms with Gasteiger partial charge in [0.2, 0.25) is 0 Å². The number of anilines is 1. The molecule has 0 saturated carbocycles. The molecular weight excluding hydrogens is 269 g/mol. The van der Waals surface area contributed by atoms with Crippen molar-refractivity contribution in [2.24, 2.45) is 0 Å². The van der Waals surface area contributed by atoms with Gasteiger partial charge in [-0.3, -0.25) is 14.5 Å². The van der Waals surface area contributed by atoms with Crippen LogP contribution in [-0.2, 0) is 4.79 Å². The quantitative estimate of drug-likeness (QED) is 0.732. The third-order valence-electron chi connectivity index (χ3n) is 2.76. The first-order chi connectivity index (χ1) is 9.49. The minimum absolute atomic E-state index is 0.302. The lowest BCUT2D eigenvalue weighted by Crippen LogP contribution is -2.31. The summed E-state index contributed by atoms with van der Waals surface area (Å²) in [4.78, 5) is 34.9. The molecule has 8 heteroatoms. The molecule has 1 heterocycles. The van der Waals surface area contributed by atoms with Gasteiger partial charge in [-0.1, -0.05) is 0 Å². The number of halogens is 1. The van der Waals surface area contributed by atoms with E-state index in [1.54, 1.807) is 0 Å². The first-order valence-electron chi connectivity index (χ1n) is 5.84. The number of carboxylic acid groups (broad SMARTS) is 1. The Balaban J connectivity index is 2.22. The van der Waals surface area contributed by atoms with E-state index >= 15 is 0 Å². The lowest BCUT2D eigenvalue weighted by molar-refractivity contribution is -0.135. The second-order valence-corrected chi connectivity index (χ2v) is 4.12. The molecule has 0 aromatic heterocycles. The van der Waals surface area contributed by atoms with Gasteiger partial charge in [0.05, 0.1) is 5.56 Å². The van der Waals surface area contributed by atoms with Crippen LogP contribution in [0.3, 0.4) is 0 Å². The molecule has 3 N–H and O–H groups in total. The molecule has 0 atom stereocenters. The third-order valence-corrected chi connectivity index (χ3v) is 2.76. The summed E-state index contributed by atoms with van der Waals surface area (Å²) in [6.07, 6.45) is 0. The maximum absolute atomic E-state index is 13.6. The normalized spacial score (nSPS) is 14.1. The lowest BCUT2D eigenvalue weighted by atomic mass is 10.1. The maximum atomic E-state index is 13.6. The van der Waals surface area contributed by atoms with E-state index in [-0.39, 0.29) is 11.6 Å². The van der Waals surface area contributed by atoms with E-state index < -0.39 is 24.2 Å². The van der Waals surface area contributed by atoms with E-state index in [1.165, 1.54) is 17.0 Å². The van der Waals surface area contributed by atoms with Gasteiger partial charge in [-0.15, -0.1) is 0 Å². The van der Waals surface area contributed by atoms with Crippen LogP contribution in [0.1, 0.15) is 10.4 Å². The number of nitrogens with one attached hydrogen (secondary N) is 2. The highest BCUT2D eigenvalue weighted by Gasteiger charge is 2.23. The number of hydrogen-bond donors (Lipinski definition) is 3. The highest BCUT2D eigenvalue weighted by molar-refractivity contribution is 5.99. The first-order valence-corrected chi connectivity index (χ1v) is 5.84. The van der Waals surface area contributed by atoms with Crippen molar-refractivity contribution in [3.05, 3.63) is 29.6 Å². The molecule has 3 amide bonds. The maximum Gasteiger partial charge on any atom is 0.322 e. The zero-order valence-corrected chi connectivity index (χ0v) is 10.4. The number of urea groups is 1. The van der Waals surface area contributed by atoms with Gasteiger partial charge in [-0.05, 0) is 18.2 Å². The monoisotopic (exact) mass is 281 g/mol. The molecule has 1 fully saturated rings. The predicted octanol–water partition coefficient (Wildman–Crippen LogP) is 0.170. The minimum atomic E-state index is -1.23. The van der Waals surface area contributed by atoms with Gasteiger partial charge >= 0.3 is 12.0 Å². The average Bonchev–Trinajstić information content (AvgIpc) is 2.83. The van der Waals surface area contributed by atoms with Crippen molar-refractivity contribution in [1.82, 2.24) is 10.6 Å². The number of hydrogen-bond acceptors (Lipinski definition) is 3. The fourth-order valence-corrected chi connectivity index (χ4v) is 1.82. The molecule has 0 radical (unpaired) electrons. The van der Waals surface area contributed by atoms with Gasteiger partial charge in [-0.25, -0.2) is 9.18 Å². The van der Waals surface area contributed by atoms with E-state index in [2.05, 4.69) is 10.6 Å². The highest BCUT2D eigenvalue weighted by Crippen LogP contribution is 2.20. The molecule has 1 aliphatic heterocycles. The number of carbonyl (C=O) groups excluding carboxylic acids is 2. The van der Waals surface area contributed by atoms with Crippen molar-refractivity contribution in [2.75, 3.05) is 24.5 Å². The summed E-state index contributed by atoms with van der Waals surface area (Å²) in [5.74, 6) is -2.85. The van der Waals surface area contributed by atoms with Crippen molar-refractivity contribution in [1.29, 1.82) is 0 Å². The molecule has 0 bridgehead atoms. The largest absolute Gasteiger partial charge is 0.480 e. The molecule has 7 nitrogen and oxygen atoms in total. The Kier molecular flexibility index (Phi) is 3.83. The van der Waals surface area contributed by atoms with Crippen LogP contribution < -0.4 is 15.5 Å². The molecule has 2 rings (SSSR count). The lowest BCUT2D eigenvalue weighted by Gasteiger charge is -2.15. The van der Waals surface area contributed by atoms with Crippen molar-refractivity contribution in [3.63, 3.8) is 0 Å². The molecule has 1 saturated heterocycles. The summed E-state index contributed by atoms with van der Waals surface area (Å²) < 4.78 is 13.6. The minimum Gasteiger partial charge on any atom is -0.480 e. The van der Waals surface area contributed by atoms with Crippen molar-refractivity contribution in [2.45, 2.75) is 0 Å². The van der Waals surface area contributed by atoms with Crippen LogP contribution >= 0.6 is 0 Å². The Labute approximate surface area is 113 Å². The van der Waals surface area contributed by atoms with E-state index in [9.17, 15) is 18.8 Å². The Morgan fingerprint density at radius 3 is 2.80 bits per heavy atom. The molecule has 1 aromatic rings. The number of aliphatic carboxylic acids is 1. The van der Waals surface area contributed by atoms with E-state index in [0.717, 1.165) is 6.07 Å². The zero-order chi connectivity index (χ0) is 14.7. The average molecular weight is 281 g/mol. The van der Waals surface area contributed by atoms with Crippen LogP contribution in [0.5, 0.6) is 0 Å². The summed E-state index contributed by atoms with van der Waals surface area (Å²) in [5, 5.41) is 13.1. The van der Waals surface area contributed by atoms with E-state index in [1.807, 2.05) is 0 Å². The molecule has 1 aromatic carbocycles. The number of carboxylic acids is 1. The topological polar surface area (TPSA) is 98.7 Å². The number of carbonyl (C=O) groups is 3. The van der Waals surface area contributed by atoms with Crippen LogP contribution in [0.2, 0.25) is 0 Å². The van der Waals surface area contributed by atoms with Gasteiger partial charge in [0, 0.05) is 18.8 Å². The molecular formula is C12H12FN3O4. The van der Waals surface area contributed by atoms with Gasteiger partial charge in [0.25, 0.3) is 5.91 Å². The van der Waals surface area contributed by atoms with Gasteiger partial charge in [0.1, 0.15) is 12.4 Å². The Morgan fingerprint density at radius 1 is 1.45 bits per heavy atom. The number of rotatable bonds is 4. The van der Waals surface area contributed by atoms with Crippen LogP contribution in [0.25, 0.3) is 0 Å². The predicted molar refractivity (Wildman–Crippen MR) is 67.1 cm³/mol. The molecule has 1 aliphatic rings. The standard InChI is InChI=1S/C12H12FN3O4/c13-9-2-1-7(16-4-3-14-12(16)20)5-8(9)11(19)15-6-10(17)18/h1-2,5H,3-4,6H2,(H,14,20)(H,15,19)(H,17,18). The van der Waals surface area contributed by atoms with Gasteiger partial charge in [-0.2, -0.15) is 0 Å². The fraction of sp³-hybridized carbons (Fsp3) is 0.250. The third kappa shape index (κ3) is 2.85. The SMILES string of the molecule is O=C(O)CNC(=O)c1cc(N2CCNC2=O)ccc1F. The van der Waals surface area contributed by atoms with Gasteiger partial charge in [0.15, 0.2) is 0 Å². The van der Waals surface area contributed by atoms with Crippen LogP contribution in [-0.4, -0.2) is 42.6 Å². The molecule has 20 heavy (non-hydrogen) atoms. The van der Waals surface area contributed by atoms with E-state index in [0.29, 0.717) is 18.8 Å². The van der Waals surface area contributed by atoms with Crippen molar-refractivity contribution in [3.8, 4) is 0 Å². The van der Waals surface area contributed by atoms with Crippen molar-refractivity contribution >= 4 is 23.6 Å². The Morgan fingerprint density at radius 2 is 2.20 bits per heavy atom. The van der Waals surface area contributed by atoms with E-state index in [4.69, 9.17) is 5.11 Å². The van der Waals surface area contributed by atoms with Crippen LogP contribution in [0.15, 0.2) is 18.2 Å². The zero-order valence-electron chi connectivity index (χ0n) is 10.4. The van der Waals surface area contributed by atoms with Crippen LogP contribution in [0.4, 0.5) is 14.9 Å². The fourth-order valence-electron chi connectivity index (χ4n) is 1.82. The van der Waals surface area contributed by atoms with Crippen LogP contribution in [0, 0.1) is 5.82 Å². The second-order valence-electron chi connectivity index (χ2n) is 4.12. The summed E-state index contributed by atoms with van der Waals surface area (Å²) in [5.41, 5.74) is 0.0744. The molecule has 106 valence electrons. The summed E-state index contributed by atoms with van der Waals surface area (Å²) in [6, 6.07) is 3.34. The number of benzene rings is 1.